The average molecular weight is 451 g/mol. The fourth-order valence-corrected chi connectivity index (χ4v) is 3.90. The van der Waals surface area contributed by atoms with Crippen molar-refractivity contribution in [2.45, 2.75) is 45.4 Å². The lowest BCUT2D eigenvalue weighted by Gasteiger charge is -2.41. The summed E-state index contributed by atoms with van der Waals surface area (Å²) in [6.07, 6.45) is -2.31. The van der Waals surface area contributed by atoms with E-state index >= 15 is 0 Å². The summed E-state index contributed by atoms with van der Waals surface area (Å²) in [6, 6.07) is 13.5. The molecule has 0 saturated carbocycles. The Morgan fingerprint density at radius 1 is 1.12 bits per heavy atom. The van der Waals surface area contributed by atoms with Gasteiger partial charge in [-0.25, -0.2) is 4.98 Å². The Morgan fingerprint density at radius 2 is 1.84 bits per heavy atom. The van der Waals surface area contributed by atoms with Crippen molar-refractivity contribution in [2.75, 3.05) is 31.3 Å². The zero-order chi connectivity index (χ0) is 23.0. The molecule has 0 spiro atoms. The number of halogens is 3. The molecule has 0 atom stereocenters. The van der Waals surface area contributed by atoms with Crippen molar-refractivity contribution in [1.82, 2.24) is 4.98 Å². The molecular formula is C24H29F3N2O3. The first-order valence-corrected chi connectivity index (χ1v) is 10.9. The van der Waals surface area contributed by atoms with Crippen molar-refractivity contribution in [1.29, 1.82) is 0 Å². The first kappa shape index (κ1) is 24.2. The molecule has 1 aromatic heterocycles. The van der Waals surface area contributed by atoms with E-state index in [0.29, 0.717) is 45.7 Å². The minimum atomic E-state index is -4.57. The van der Waals surface area contributed by atoms with Crippen LogP contribution in [0.1, 0.15) is 43.9 Å². The van der Waals surface area contributed by atoms with Gasteiger partial charge in [0.05, 0.1) is 6.61 Å². The summed E-state index contributed by atoms with van der Waals surface area (Å²) in [6.45, 7) is 4.04. The minimum absolute atomic E-state index is 0.0303. The monoisotopic (exact) mass is 450 g/mol. The Labute approximate surface area is 186 Å². The summed E-state index contributed by atoms with van der Waals surface area (Å²) in [5, 5.41) is 0. The van der Waals surface area contributed by atoms with E-state index in [-0.39, 0.29) is 30.1 Å². The lowest BCUT2D eigenvalue weighted by molar-refractivity contribution is -0.141. The molecule has 0 bridgehead atoms. The van der Waals surface area contributed by atoms with Gasteiger partial charge in [0.1, 0.15) is 11.5 Å². The number of pyridine rings is 1. The predicted octanol–water partition coefficient (Wildman–Crippen LogP) is 5.25. The van der Waals surface area contributed by atoms with Gasteiger partial charge < -0.3 is 9.47 Å². The number of benzene rings is 1. The van der Waals surface area contributed by atoms with E-state index in [4.69, 9.17) is 9.47 Å². The Kier molecular flexibility index (Phi) is 8.26. The summed E-state index contributed by atoms with van der Waals surface area (Å²) in [5.74, 6) is -0.226. The summed E-state index contributed by atoms with van der Waals surface area (Å²) in [5.41, 5.74) is -0.240. The molecule has 8 heteroatoms. The number of alkyl halides is 3. The molecule has 1 fully saturated rings. The summed E-state index contributed by atoms with van der Waals surface area (Å²) in [4.78, 5) is 17.9. The van der Waals surface area contributed by atoms with Crippen molar-refractivity contribution in [2.24, 2.45) is 5.41 Å². The van der Waals surface area contributed by atoms with Gasteiger partial charge in [0.25, 0.3) is 0 Å². The Hall–Kier alpha value is -2.45. The second-order valence-electron chi connectivity index (χ2n) is 8.11. The lowest BCUT2D eigenvalue weighted by Crippen LogP contribution is -2.45. The molecule has 5 nitrogen and oxygen atoms in total. The maximum atomic E-state index is 13.2. The highest BCUT2D eigenvalue weighted by molar-refractivity contribution is 5.92. The summed E-state index contributed by atoms with van der Waals surface area (Å²) in [7, 11) is 0. The van der Waals surface area contributed by atoms with Crippen molar-refractivity contribution >= 4 is 11.7 Å². The second kappa shape index (κ2) is 10.9. The van der Waals surface area contributed by atoms with Crippen LogP contribution in [-0.4, -0.2) is 37.3 Å². The van der Waals surface area contributed by atoms with Crippen LogP contribution in [0.15, 0.2) is 48.5 Å². The van der Waals surface area contributed by atoms with Crippen LogP contribution in [0, 0.1) is 5.41 Å². The van der Waals surface area contributed by atoms with Crippen molar-refractivity contribution in [3.05, 3.63) is 59.8 Å². The highest BCUT2D eigenvalue weighted by Gasteiger charge is 2.37. The number of nitrogens with zero attached hydrogens (tertiary/aromatic N) is 2. The van der Waals surface area contributed by atoms with Gasteiger partial charge in [-0.1, -0.05) is 43.3 Å². The molecule has 1 aromatic carbocycles. The molecule has 1 amide bonds. The number of hydrogen-bond acceptors (Lipinski definition) is 4. The number of anilines is 1. The number of carbonyl (C=O) groups is 1. The fourth-order valence-electron chi connectivity index (χ4n) is 3.90. The molecule has 0 aliphatic carbocycles. The van der Waals surface area contributed by atoms with Gasteiger partial charge in [0.15, 0.2) is 0 Å². The van der Waals surface area contributed by atoms with Crippen LogP contribution in [-0.2, 0) is 27.1 Å². The molecule has 174 valence electrons. The van der Waals surface area contributed by atoms with Crippen molar-refractivity contribution in [3.63, 3.8) is 0 Å². The Bertz CT molecular complexity index is 868. The average Bonchev–Trinajstić information content (AvgIpc) is 2.81. The summed E-state index contributed by atoms with van der Waals surface area (Å²) >= 11 is 0. The molecular weight excluding hydrogens is 421 g/mol. The van der Waals surface area contributed by atoms with Crippen LogP contribution in [0.25, 0.3) is 0 Å². The van der Waals surface area contributed by atoms with Crippen molar-refractivity contribution in [3.8, 4) is 0 Å². The smallest absolute Gasteiger partial charge is 0.381 e. The molecule has 32 heavy (non-hydrogen) atoms. The number of aromatic nitrogens is 1. The number of amides is 1. The van der Waals surface area contributed by atoms with Crippen LogP contribution in [0.5, 0.6) is 0 Å². The highest BCUT2D eigenvalue weighted by Crippen LogP contribution is 2.37. The van der Waals surface area contributed by atoms with Gasteiger partial charge in [-0.15, -0.1) is 0 Å². The quantitative estimate of drug-likeness (QED) is 0.490. The largest absolute Gasteiger partial charge is 0.433 e. The van der Waals surface area contributed by atoms with Crippen LogP contribution < -0.4 is 4.90 Å². The molecule has 0 radical (unpaired) electrons. The molecule has 1 aliphatic rings. The number of carbonyl (C=O) groups excluding carboxylic acids is 1. The number of hydrogen-bond donors (Lipinski definition) is 0. The van der Waals surface area contributed by atoms with E-state index in [1.165, 1.54) is 17.0 Å². The second-order valence-corrected chi connectivity index (χ2v) is 8.11. The normalized spacial score (nSPS) is 16.0. The molecule has 1 saturated heterocycles. The van der Waals surface area contributed by atoms with E-state index in [0.717, 1.165) is 11.6 Å². The zero-order valence-corrected chi connectivity index (χ0v) is 18.2. The molecule has 3 rings (SSSR count). The topological polar surface area (TPSA) is 51.7 Å². The molecule has 1 aliphatic heterocycles. The van der Waals surface area contributed by atoms with E-state index in [1.54, 1.807) is 6.92 Å². The van der Waals surface area contributed by atoms with E-state index in [1.807, 2.05) is 30.3 Å². The third-order valence-corrected chi connectivity index (χ3v) is 5.84. The van der Waals surface area contributed by atoms with E-state index in [2.05, 4.69) is 4.98 Å². The SMILES string of the molecule is CCC(=O)N(CC1(CCOCc2ccccc2)CCOCC1)c1cccc(C(F)(F)F)n1. The maximum absolute atomic E-state index is 13.2. The van der Waals surface area contributed by atoms with Gasteiger partial charge in [0, 0.05) is 32.8 Å². The molecule has 2 aromatic rings. The van der Waals surface area contributed by atoms with Gasteiger partial charge in [-0.3, -0.25) is 9.69 Å². The predicted molar refractivity (Wildman–Crippen MR) is 115 cm³/mol. The maximum Gasteiger partial charge on any atom is 0.433 e. The summed E-state index contributed by atoms with van der Waals surface area (Å²) < 4.78 is 51.0. The van der Waals surface area contributed by atoms with Crippen LogP contribution >= 0.6 is 0 Å². The van der Waals surface area contributed by atoms with Crippen molar-refractivity contribution < 1.29 is 27.4 Å². The number of rotatable bonds is 9. The van der Waals surface area contributed by atoms with Gasteiger partial charge >= 0.3 is 6.18 Å². The molecule has 0 unspecified atom stereocenters. The third-order valence-electron chi connectivity index (χ3n) is 5.84. The molecule has 0 N–H and O–H groups in total. The lowest BCUT2D eigenvalue weighted by atomic mass is 9.77. The molecule has 2 heterocycles. The van der Waals surface area contributed by atoms with E-state index < -0.39 is 11.9 Å². The Balaban J connectivity index is 1.75. The van der Waals surface area contributed by atoms with E-state index in [9.17, 15) is 18.0 Å². The number of ether oxygens (including phenoxy) is 2. The van der Waals surface area contributed by atoms with Gasteiger partial charge in [0.2, 0.25) is 5.91 Å². The van der Waals surface area contributed by atoms with Crippen LogP contribution in [0.3, 0.4) is 0 Å². The third kappa shape index (κ3) is 6.53. The van der Waals surface area contributed by atoms with Gasteiger partial charge in [-0.2, -0.15) is 13.2 Å². The minimum Gasteiger partial charge on any atom is -0.381 e. The van der Waals surface area contributed by atoms with Crippen LogP contribution in [0.4, 0.5) is 19.0 Å². The standard InChI is InChI=1S/C24H29F3N2O3/c1-2-22(30)29(21-10-6-9-20(28-21)24(25,26)27)18-23(11-14-31-15-12-23)13-16-32-17-19-7-4-3-5-8-19/h3-10H,2,11-18H2,1H3. The zero-order valence-electron chi connectivity index (χ0n) is 18.2. The van der Waals surface area contributed by atoms with Crippen LogP contribution in [0.2, 0.25) is 0 Å². The first-order valence-electron chi connectivity index (χ1n) is 10.9. The first-order chi connectivity index (χ1) is 15.3. The fraction of sp³-hybridized carbons (Fsp3) is 0.500. The van der Waals surface area contributed by atoms with Gasteiger partial charge in [-0.05, 0) is 42.4 Å². The Morgan fingerprint density at radius 3 is 2.50 bits per heavy atom. The highest BCUT2D eigenvalue weighted by atomic mass is 19.4.